The summed E-state index contributed by atoms with van der Waals surface area (Å²) in [6, 6.07) is 4.71. The Balaban J connectivity index is 1.70. The van der Waals surface area contributed by atoms with E-state index in [-0.39, 0.29) is 30.4 Å². The zero-order chi connectivity index (χ0) is 19.0. The summed E-state index contributed by atoms with van der Waals surface area (Å²) in [7, 11) is 0. The minimum Gasteiger partial charge on any atom is -0.372 e. The molecule has 2 fully saturated rings. The molecule has 2 aliphatic heterocycles. The summed E-state index contributed by atoms with van der Waals surface area (Å²) in [5, 5.41) is 0.141. The first-order chi connectivity index (χ1) is 12.3. The first kappa shape index (κ1) is 19.9. The van der Waals surface area contributed by atoms with E-state index in [1.807, 2.05) is 18.7 Å². The first-order valence-corrected chi connectivity index (χ1v) is 10.2. The Morgan fingerprint density at radius 2 is 1.85 bits per heavy atom. The number of thiocarbonyl (C=S) groups is 1. The number of imide groups is 1. The number of thioether (sulfide) groups is 1. The molecule has 2 aliphatic rings. The minimum absolute atomic E-state index is 0.0749. The predicted molar refractivity (Wildman–Crippen MR) is 109 cm³/mol. The van der Waals surface area contributed by atoms with E-state index < -0.39 is 5.25 Å². The molecule has 3 rings (SSSR count). The molecule has 0 saturated carbocycles. The van der Waals surface area contributed by atoms with Crippen LogP contribution in [0.5, 0.6) is 0 Å². The highest BCUT2D eigenvalue weighted by Crippen LogP contribution is 2.34. The molecular weight excluding hydrogens is 415 g/mol. The molecule has 5 nitrogen and oxygen atoms in total. The fourth-order valence-electron chi connectivity index (χ4n) is 3.11. The lowest BCUT2D eigenvalue weighted by atomic mass is 10.2. The van der Waals surface area contributed by atoms with Crippen molar-refractivity contribution in [2.24, 2.45) is 0 Å². The Kier molecular flexibility index (Phi) is 6.14. The summed E-state index contributed by atoms with van der Waals surface area (Å²) in [6.45, 7) is 5.35. The van der Waals surface area contributed by atoms with Gasteiger partial charge in [0.05, 0.1) is 27.9 Å². The van der Waals surface area contributed by atoms with Crippen molar-refractivity contribution in [3.63, 3.8) is 0 Å². The third kappa shape index (κ3) is 4.17. The van der Waals surface area contributed by atoms with Crippen LogP contribution in [0.4, 0.5) is 5.69 Å². The molecule has 2 amide bonds. The number of ether oxygens (including phenoxy) is 1. The Morgan fingerprint density at radius 3 is 2.46 bits per heavy atom. The summed E-state index contributed by atoms with van der Waals surface area (Å²) in [5.41, 5.74) is 0.428. The fourth-order valence-corrected chi connectivity index (χ4v) is 4.88. The monoisotopic (exact) mass is 432 g/mol. The van der Waals surface area contributed by atoms with Crippen molar-refractivity contribution in [2.75, 3.05) is 18.0 Å². The van der Waals surface area contributed by atoms with Gasteiger partial charge in [-0.25, -0.2) is 4.90 Å². The van der Waals surface area contributed by atoms with Gasteiger partial charge in [-0.05, 0) is 32.0 Å². The second kappa shape index (κ2) is 8.02. The average Bonchev–Trinajstić information content (AvgIpc) is 2.83. The lowest BCUT2D eigenvalue weighted by Crippen LogP contribution is -2.47. The van der Waals surface area contributed by atoms with Crippen LogP contribution < -0.4 is 4.90 Å². The van der Waals surface area contributed by atoms with Crippen molar-refractivity contribution in [2.45, 2.75) is 37.7 Å². The zero-order valence-corrected chi connectivity index (χ0v) is 17.4. The third-order valence-corrected chi connectivity index (χ3v) is 6.59. The molecule has 9 heteroatoms. The number of amides is 2. The zero-order valence-electron chi connectivity index (χ0n) is 14.3. The highest BCUT2D eigenvalue weighted by molar-refractivity contribution is 8.23. The molecule has 2 heterocycles. The largest absolute Gasteiger partial charge is 0.372 e. The number of halogens is 2. The van der Waals surface area contributed by atoms with E-state index >= 15 is 0 Å². The Hall–Kier alpha value is -0.860. The average molecular weight is 433 g/mol. The summed E-state index contributed by atoms with van der Waals surface area (Å²) in [4.78, 5) is 28.4. The van der Waals surface area contributed by atoms with Gasteiger partial charge >= 0.3 is 0 Å². The van der Waals surface area contributed by atoms with Crippen molar-refractivity contribution in [3.05, 3.63) is 28.2 Å². The highest BCUT2D eigenvalue weighted by Gasteiger charge is 2.41. The van der Waals surface area contributed by atoms with Crippen molar-refractivity contribution < 1.29 is 14.3 Å². The lowest BCUT2D eigenvalue weighted by Gasteiger charge is -2.36. The molecule has 26 heavy (non-hydrogen) atoms. The van der Waals surface area contributed by atoms with Gasteiger partial charge < -0.3 is 9.64 Å². The lowest BCUT2D eigenvalue weighted by molar-refractivity contribution is -0.121. The number of carbonyl (C=O) groups excluding carboxylic acids is 2. The maximum Gasteiger partial charge on any atom is 0.247 e. The van der Waals surface area contributed by atoms with Crippen LogP contribution in [-0.4, -0.2) is 51.6 Å². The number of benzene rings is 1. The molecule has 0 bridgehead atoms. The van der Waals surface area contributed by atoms with E-state index in [9.17, 15) is 9.59 Å². The Labute approximate surface area is 171 Å². The van der Waals surface area contributed by atoms with E-state index in [2.05, 4.69) is 0 Å². The van der Waals surface area contributed by atoms with Crippen LogP contribution in [0, 0.1) is 0 Å². The molecule has 3 atom stereocenters. The van der Waals surface area contributed by atoms with Gasteiger partial charge in [-0.2, -0.15) is 0 Å². The Morgan fingerprint density at radius 1 is 1.19 bits per heavy atom. The molecule has 2 saturated heterocycles. The van der Waals surface area contributed by atoms with Gasteiger partial charge in [0.2, 0.25) is 11.8 Å². The number of hydrogen-bond acceptors (Lipinski definition) is 5. The maximum absolute atomic E-state index is 12.8. The van der Waals surface area contributed by atoms with E-state index in [1.165, 1.54) is 17.8 Å². The fraction of sp³-hybridized carbons (Fsp3) is 0.471. The topological polar surface area (TPSA) is 49.9 Å². The van der Waals surface area contributed by atoms with Gasteiger partial charge in [0.25, 0.3) is 0 Å². The number of rotatable bonds is 2. The van der Waals surface area contributed by atoms with Gasteiger partial charge in [0, 0.05) is 19.5 Å². The van der Waals surface area contributed by atoms with Gasteiger partial charge in [0.1, 0.15) is 9.57 Å². The standard InChI is InChI=1S/C17H18Cl2N2O3S2/c1-9-7-20(8-10(2)24-9)17(25)26-14-6-15(22)21(16(14)23)11-3-4-12(18)13(19)5-11/h3-5,9-10,14H,6-8H2,1-2H3/t9-,10-,14-/m1/s1. The molecule has 1 aromatic carbocycles. The second-order valence-corrected chi connectivity index (χ2v) is 9.06. The normalized spacial score (nSPS) is 26.5. The van der Waals surface area contributed by atoms with Crippen LogP contribution in [0.1, 0.15) is 20.3 Å². The van der Waals surface area contributed by atoms with Gasteiger partial charge in [-0.15, -0.1) is 0 Å². The van der Waals surface area contributed by atoms with Crippen LogP contribution in [0.15, 0.2) is 18.2 Å². The molecule has 0 N–H and O–H groups in total. The van der Waals surface area contributed by atoms with E-state index in [0.717, 1.165) is 4.90 Å². The quantitative estimate of drug-likeness (QED) is 0.523. The van der Waals surface area contributed by atoms with Gasteiger partial charge in [-0.1, -0.05) is 47.2 Å². The van der Waals surface area contributed by atoms with Crippen LogP contribution >= 0.6 is 47.2 Å². The molecule has 1 aromatic rings. The van der Waals surface area contributed by atoms with Crippen LogP contribution in [0.25, 0.3) is 0 Å². The summed E-state index contributed by atoms with van der Waals surface area (Å²) in [5.74, 6) is -0.549. The predicted octanol–water partition coefficient (Wildman–Crippen LogP) is 3.75. The highest BCUT2D eigenvalue weighted by atomic mass is 35.5. The van der Waals surface area contributed by atoms with E-state index in [0.29, 0.717) is 33.1 Å². The minimum atomic E-state index is -0.530. The van der Waals surface area contributed by atoms with E-state index in [1.54, 1.807) is 12.1 Å². The van der Waals surface area contributed by atoms with Crippen LogP contribution in [0.2, 0.25) is 10.0 Å². The van der Waals surface area contributed by atoms with Crippen molar-refractivity contribution in [1.29, 1.82) is 0 Å². The van der Waals surface area contributed by atoms with E-state index in [4.69, 9.17) is 40.2 Å². The summed E-state index contributed by atoms with van der Waals surface area (Å²) in [6.07, 6.45) is 0.260. The van der Waals surface area contributed by atoms with Crippen molar-refractivity contribution >= 4 is 69.0 Å². The number of carbonyl (C=O) groups is 2. The maximum atomic E-state index is 12.8. The molecular formula is C17H18Cl2N2O3S2. The summed E-state index contributed by atoms with van der Waals surface area (Å²) < 4.78 is 6.33. The molecule has 0 aliphatic carbocycles. The summed E-state index contributed by atoms with van der Waals surface area (Å²) >= 11 is 18.7. The number of anilines is 1. The number of nitrogens with zero attached hydrogens (tertiary/aromatic N) is 2. The molecule has 0 aromatic heterocycles. The van der Waals surface area contributed by atoms with Crippen molar-refractivity contribution in [1.82, 2.24) is 4.90 Å². The van der Waals surface area contributed by atoms with Gasteiger partial charge in [0.15, 0.2) is 0 Å². The molecule has 0 spiro atoms. The third-order valence-electron chi connectivity index (χ3n) is 4.19. The number of morpholine rings is 1. The molecule has 140 valence electrons. The van der Waals surface area contributed by atoms with Crippen LogP contribution in [-0.2, 0) is 14.3 Å². The smallest absolute Gasteiger partial charge is 0.247 e. The first-order valence-electron chi connectivity index (χ1n) is 8.19. The van der Waals surface area contributed by atoms with Crippen molar-refractivity contribution in [3.8, 4) is 0 Å². The molecule has 0 radical (unpaired) electrons. The SMILES string of the molecule is C[C@@H]1CN(C(=S)S[C@@H]2CC(=O)N(c3ccc(Cl)c(Cl)c3)C2=O)C[C@@H](C)O1. The molecule has 0 unspecified atom stereocenters. The Bertz CT molecular complexity index is 752. The number of hydrogen-bond donors (Lipinski definition) is 0. The van der Waals surface area contributed by atoms with Crippen LogP contribution in [0.3, 0.4) is 0 Å². The van der Waals surface area contributed by atoms with Gasteiger partial charge in [-0.3, -0.25) is 9.59 Å². The second-order valence-electron chi connectivity index (χ2n) is 6.40.